The Balaban J connectivity index is 1.90. The van der Waals surface area contributed by atoms with Crippen molar-refractivity contribution < 1.29 is 19.1 Å². The largest absolute Gasteiger partial charge is 0.462 e. The number of ether oxygens (including phenoxy) is 1. The first-order valence-corrected chi connectivity index (χ1v) is 9.71. The highest BCUT2D eigenvalue weighted by atomic mass is 32.1. The summed E-state index contributed by atoms with van der Waals surface area (Å²) in [7, 11) is 0. The van der Waals surface area contributed by atoms with Crippen LogP contribution in [0.4, 0.5) is 10.7 Å². The topological polar surface area (TPSA) is 84.5 Å². The molecule has 1 heterocycles. The molecule has 2 amide bonds. The summed E-state index contributed by atoms with van der Waals surface area (Å²) in [5.74, 6) is -0.980. The molecular formula is C20H22N2O4S. The first kappa shape index (κ1) is 19.1. The summed E-state index contributed by atoms with van der Waals surface area (Å²) in [5, 5.41) is 6.02. The van der Waals surface area contributed by atoms with Crippen molar-refractivity contribution in [3.8, 4) is 0 Å². The molecule has 1 aromatic carbocycles. The Morgan fingerprint density at radius 1 is 1.19 bits per heavy atom. The number of aryl methyl sites for hydroxylation is 1. The molecule has 142 valence electrons. The van der Waals surface area contributed by atoms with Crippen molar-refractivity contribution >= 4 is 39.8 Å². The van der Waals surface area contributed by atoms with E-state index in [2.05, 4.69) is 10.6 Å². The molecule has 0 aliphatic heterocycles. The number of rotatable bonds is 6. The zero-order valence-corrected chi connectivity index (χ0v) is 16.4. The van der Waals surface area contributed by atoms with E-state index in [4.69, 9.17) is 4.74 Å². The predicted octanol–water partition coefficient (Wildman–Crippen LogP) is 4.14. The lowest BCUT2D eigenvalue weighted by molar-refractivity contribution is -0.117. The monoisotopic (exact) mass is 386 g/mol. The van der Waals surface area contributed by atoms with E-state index in [-0.39, 0.29) is 29.9 Å². The van der Waals surface area contributed by atoms with Crippen LogP contribution in [0.5, 0.6) is 0 Å². The molecule has 6 nitrogen and oxygen atoms in total. The number of esters is 1. The van der Waals surface area contributed by atoms with Crippen molar-refractivity contribution in [2.75, 3.05) is 17.2 Å². The molecule has 0 spiro atoms. The van der Waals surface area contributed by atoms with Crippen molar-refractivity contribution in [3.05, 3.63) is 45.8 Å². The number of carbonyl (C=O) groups excluding carboxylic acids is 3. The SMILES string of the molecule is CCOC(=O)c1c(NC(=O)C2CC2)sc(C(=O)Nc2cccc(C)c2)c1C. The molecule has 2 aromatic rings. The molecule has 0 atom stereocenters. The molecule has 7 heteroatoms. The summed E-state index contributed by atoms with van der Waals surface area (Å²) < 4.78 is 5.12. The summed E-state index contributed by atoms with van der Waals surface area (Å²) in [4.78, 5) is 37.7. The van der Waals surface area contributed by atoms with Crippen LogP contribution in [-0.4, -0.2) is 24.4 Å². The van der Waals surface area contributed by atoms with Crippen LogP contribution in [0.25, 0.3) is 0 Å². The van der Waals surface area contributed by atoms with Crippen LogP contribution in [0.1, 0.15) is 50.9 Å². The molecular weight excluding hydrogens is 364 g/mol. The first-order valence-electron chi connectivity index (χ1n) is 8.90. The lowest BCUT2D eigenvalue weighted by Crippen LogP contribution is -2.16. The number of carbonyl (C=O) groups is 3. The summed E-state index contributed by atoms with van der Waals surface area (Å²) >= 11 is 1.10. The summed E-state index contributed by atoms with van der Waals surface area (Å²) in [5.41, 5.74) is 2.47. The molecule has 0 bridgehead atoms. The van der Waals surface area contributed by atoms with Gasteiger partial charge in [-0.2, -0.15) is 0 Å². The minimum absolute atomic E-state index is 0.00739. The third-order valence-corrected chi connectivity index (χ3v) is 5.50. The van der Waals surface area contributed by atoms with Crippen molar-refractivity contribution in [1.29, 1.82) is 0 Å². The predicted molar refractivity (Wildman–Crippen MR) is 105 cm³/mol. The van der Waals surface area contributed by atoms with Crippen LogP contribution in [-0.2, 0) is 9.53 Å². The molecule has 0 radical (unpaired) electrons. The Hall–Kier alpha value is -2.67. The van der Waals surface area contributed by atoms with Gasteiger partial charge >= 0.3 is 5.97 Å². The highest BCUT2D eigenvalue weighted by Crippen LogP contribution is 2.37. The second kappa shape index (κ2) is 7.92. The standard InChI is InChI=1S/C20H22N2O4S/c1-4-26-20(25)15-12(3)16(27-19(15)22-17(23)13-8-9-13)18(24)21-14-7-5-6-11(2)10-14/h5-7,10,13H,4,8-9H2,1-3H3,(H,21,24)(H,22,23). The summed E-state index contributed by atoms with van der Waals surface area (Å²) in [6, 6.07) is 7.47. The Labute approximate surface area is 161 Å². The first-order chi connectivity index (χ1) is 12.9. The highest BCUT2D eigenvalue weighted by molar-refractivity contribution is 7.19. The molecule has 0 saturated heterocycles. The zero-order chi connectivity index (χ0) is 19.6. The third kappa shape index (κ3) is 4.36. The van der Waals surface area contributed by atoms with E-state index in [1.165, 1.54) is 0 Å². The van der Waals surface area contributed by atoms with E-state index in [1.54, 1.807) is 19.9 Å². The molecule has 3 rings (SSSR count). The number of nitrogens with one attached hydrogen (secondary N) is 2. The van der Waals surface area contributed by atoms with Crippen LogP contribution in [0.15, 0.2) is 24.3 Å². The molecule has 0 unspecified atom stereocenters. The Bertz CT molecular complexity index is 899. The van der Waals surface area contributed by atoms with Gasteiger partial charge in [-0.1, -0.05) is 12.1 Å². The molecule has 1 aliphatic rings. The number of hydrogen-bond acceptors (Lipinski definition) is 5. The number of anilines is 2. The van der Waals surface area contributed by atoms with Crippen LogP contribution in [0.2, 0.25) is 0 Å². The number of benzene rings is 1. The smallest absolute Gasteiger partial charge is 0.341 e. The van der Waals surface area contributed by atoms with Gasteiger partial charge in [0.05, 0.1) is 17.0 Å². The van der Waals surface area contributed by atoms with Gasteiger partial charge in [0.15, 0.2) is 0 Å². The van der Waals surface area contributed by atoms with Gasteiger partial charge in [-0.25, -0.2) is 4.79 Å². The molecule has 1 aliphatic carbocycles. The number of amides is 2. The van der Waals surface area contributed by atoms with Gasteiger partial charge in [-0.15, -0.1) is 11.3 Å². The van der Waals surface area contributed by atoms with Crippen LogP contribution in [0.3, 0.4) is 0 Å². The van der Waals surface area contributed by atoms with E-state index < -0.39 is 5.97 Å². The minimum atomic E-state index is -0.535. The van der Waals surface area contributed by atoms with E-state index in [1.807, 2.05) is 25.1 Å². The quantitative estimate of drug-likeness (QED) is 0.731. The molecule has 27 heavy (non-hydrogen) atoms. The fraction of sp³-hybridized carbons (Fsp3) is 0.350. The second-order valence-corrected chi connectivity index (χ2v) is 7.59. The molecule has 1 aromatic heterocycles. The fourth-order valence-electron chi connectivity index (χ4n) is 2.74. The summed E-state index contributed by atoms with van der Waals surface area (Å²) in [6.07, 6.45) is 1.71. The number of thiophene rings is 1. The van der Waals surface area contributed by atoms with Crippen molar-refractivity contribution in [3.63, 3.8) is 0 Å². The van der Waals surface area contributed by atoms with Crippen molar-refractivity contribution in [1.82, 2.24) is 0 Å². The van der Waals surface area contributed by atoms with E-state index >= 15 is 0 Å². The van der Waals surface area contributed by atoms with Crippen LogP contribution < -0.4 is 10.6 Å². The number of hydrogen-bond donors (Lipinski definition) is 2. The Morgan fingerprint density at radius 2 is 1.93 bits per heavy atom. The van der Waals surface area contributed by atoms with Gasteiger partial charge in [0.2, 0.25) is 5.91 Å². The normalized spacial score (nSPS) is 13.1. The van der Waals surface area contributed by atoms with Crippen molar-refractivity contribution in [2.24, 2.45) is 5.92 Å². The van der Waals surface area contributed by atoms with Crippen LogP contribution >= 0.6 is 11.3 Å². The van der Waals surface area contributed by atoms with Gasteiger partial charge in [0.25, 0.3) is 5.91 Å². The molecule has 2 N–H and O–H groups in total. The third-order valence-electron chi connectivity index (χ3n) is 4.29. The van der Waals surface area contributed by atoms with E-state index in [0.29, 0.717) is 21.1 Å². The Morgan fingerprint density at radius 3 is 2.56 bits per heavy atom. The van der Waals surface area contributed by atoms with Crippen molar-refractivity contribution in [2.45, 2.75) is 33.6 Å². The Kier molecular flexibility index (Phi) is 5.60. The van der Waals surface area contributed by atoms with Gasteiger partial charge in [-0.3, -0.25) is 9.59 Å². The highest BCUT2D eigenvalue weighted by Gasteiger charge is 2.32. The second-order valence-electron chi connectivity index (χ2n) is 6.57. The maximum absolute atomic E-state index is 12.8. The average molecular weight is 386 g/mol. The fourth-order valence-corrected chi connectivity index (χ4v) is 3.83. The van der Waals surface area contributed by atoms with Gasteiger partial charge in [-0.05, 0) is 56.9 Å². The minimum Gasteiger partial charge on any atom is -0.462 e. The molecule has 1 saturated carbocycles. The maximum atomic E-state index is 12.8. The lowest BCUT2D eigenvalue weighted by atomic mass is 10.1. The zero-order valence-electron chi connectivity index (χ0n) is 15.5. The summed E-state index contributed by atoms with van der Waals surface area (Å²) in [6.45, 7) is 5.57. The lowest BCUT2D eigenvalue weighted by Gasteiger charge is -2.06. The average Bonchev–Trinajstić information content (AvgIpc) is 3.40. The maximum Gasteiger partial charge on any atom is 0.341 e. The van der Waals surface area contributed by atoms with E-state index in [0.717, 1.165) is 29.7 Å². The van der Waals surface area contributed by atoms with Gasteiger partial charge < -0.3 is 15.4 Å². The van der Waals surface area contributed by atoms with Gasteiger partial charge in [0, 0.05) is 11.6 Å². The van der Waals surface area contributed by atoms with E-state index in [9.17, 15) is 14.4 Å². The van der Waals surface area contributed by atoms with Gasteiger partial charge in [0.1, 0.15) is 5.00 Å². The van der Waals surface area contributed by atoms with Crippen LogP contribution in [0, 0.1) is 19.8 Å². The molecule has 1 fully saturated rings.